The number of amides is 1. The second-order valence-electron chi connectivity index (χ2n) is 4.67. The third-order valence-corrected chi connectivity index (χ3v) is 3.31. The lowest BCUT2D eigenvalue weighted by Crippen LogP contribution is -2.40. The van der Waals surface area contributed by atoms with Crippen molar-refractivity contribution in [2.45, 2.75) is 26.3 Å². The number of ether oxygens (including phenoxy) is 1. The van der Waals surface area contributed by atoms with E-state index in [4.69, 9.17) is 4.74 Å². The standard InChI is InChI=1S/C14H19FN2O4/c1-4-10(2)16(7-8-21-3)14(18)11-5-6-13(17(19)20)12(15)9-11/h5-6,9-10H,4,7-8H2,1-3H3. The summed E-state index contributed by atoms with van der Waals surface area (Å²) in [6.07, 6.45) is 0.741. The SMILES string of the molecule is CCC(C)N(CCOC)C(=O)c1ccc([N+](=O)[O-])c(F)c1. The van der Waals surface area contributed by atoms with E-state index in [1.165, 1.54) is 13.2 Å². The summed E-state index contributed by atoms with van der Waals surface area (Å²) < 4.78 is 18.6. The van der Waals surface area contributed by atoms with Crippen LogP contribution in [0.1, 0.15) is 30.6 Å². The van der Waals surface area contributed by atoms with Crippen molar-refractivity contribution >= 4 is 11.6 Å². The molecule has 0 bridgehead atoms. The molecule has 0 aliphatic heterocycles. The molecule has 116 valence electrons. The van der Waals surface area contributed by atoms with Crippen LogP contribution < -0.4 is 0 Å². The van der Waals surface area contributed by atoms with Gasteiger partial charge < -0.3 is 9.64 Å². The zero-order chi connectivity index (χ0) is 16.0. The highest BCUT2D eigenvalue weighted by Gasteiger charge is 2.23. The molecule has 0 saturated heterocycles. The van der Waals surface area contributed by atoms with E-state index in [0.29, 0.717) is 13.2 Å². The summed E-state index contributed by atoms with van der Waals surface area (Å²) in [6, 6.07) is 3.15. The van der Waals surface area contributed by atoms with Crippen molar-refractivity contribution in [3.05, 3.63) is 39.7 Å². The van der Waals surface area contributed by atoms with E-state index >= 15 is 0 Å². The number of nitro benzene ring substituents is 1. The summed E-state index contributed by atoms with van der Waals surface area (Å²) in [5.74, 6) is -1.38. The monoisotopic (exact) mass is 298 g/mol. The number of methoxy groups -OCH3 is 1. The molecule has 1 amide bonds. The molecule has 1 aromatic carbocycles. The van der Waals surface area contributed by atoms with Crippen molar-refractivity contribution in [1.29, 1.82) is 0 Å². The van der Waals surface area contributed by atoms with Crippen LogP contribution in [0, 0.1) is 15.9 Å². The maximum absolute atomic E-state index is 13.6. The number of halogens is 1. The smallest absolute Gasteiger partial charge is 0.304 e. The van der Waals surface area contributed by atoms with E-state index in [1.54, 1.807) is 4.90 Å². The van der Waals surface area contributed by atoms with Gasteiger partial charge in [0.1, 0.15) is 0 Å². The van der Waals surface area contributed by atoms with Gasteiger partial charge >= 0.3 is 5.69 Å². The molecule has 0 saturated carbocycles. The molecule has 21 heavy (non-hydrogen) atoms. The van der Waals surface area contributed by atoms with E-state index in [0.717, 1.165) is 18.6 Å². The molecular formula is C14H19FN2O4. The van der Waals surface area contributed by atoms with Crippen molar-refractivity contribution in [3.63, 3.8) is 0 Å². The van der Waals surface area contributed by atoms with Crippen LogP contribution in [0.3, 0.4) is 0 Å². The Balaban J connectivity index is 3.03. The van der Waals surface area contributed by atoms with Crippen molar-refractivity contribution in [2.24, 2.45) is 0 Å². The minimum atomic E-state index is -1.01. The number of rotatable bonds is 7. The Labute approximate surface area is 122 Å². The lowest BCUT2D eigenvalue weighted by molar-refractivity contribution is -0.387. The van der Waals surface area contributed by atoms with Gasteiger partial charge in [0.2, 0.25) is 5.82 Å². The van der Waals surface area contributed by atoms with Gasteiger partial charge in [0, 0.05) is 31.3 Å². The van der Waals surface area contributed by atoms with Crippen LogP contribution in [0.2, 0.25) is 0 Å². The third-order valence-electron chi connectivity index (χ3n) is 3.31. The van der Waals surface area contributed by atoms with Crippen LogP contribution in [0.4, 0.5) is 10.1 Å². The summed E-state index contributed by atoms with van der Waals surface area (Å²) in [5, 5.41) is 10.6. The first-order valence-corrected chi connectivity index (χ1v) is 6.66. The van der Waals surface area contributed by atoms with Gasteiger partial charge in [-0.25, -0.2) is 0 Å². The molecule has 0 spiro atoms. The number of nitro groups is 1. The van der Waals surface area contributed by atoms with Gasteiger partial charge in [0.15, 0.2) is 0 Å². The minimum Gasteiger partial charge on any atom is -0.383 e. The normalized spacial score (nSPS) is 12.0. The number of carbonyl (C=O) groups excluding carboxylic acids is 1. The van der Waals surface area contributed by atoms with Gasteiger partial charge in [0.25, 0.3) is 5.91 Å². The van der Waals surface area contributed by atoms with E-state index in [9.17, 15) is 19.3 Å². The second-order valence-corrected chi connectivity index (χ2v) is 4.67. The molecule has 0 aromatic heterocycles. The number of carbonyl (C=O) groups is 1. The first kappa shape index (κ1) is 17.0. The minimum absolute atomic E-state index is 0.0362. The lowest BCUT2D eigenvalue weighted by Gasteiger charge is -2.28. The van der Waals surface area contributed by atoms with E-state index in [2.05, 4.69) is 0 Å². The van der Waals surface area contributed by atoms with Crippen LogP contribution in [0.5, 0.6) is 0 Å². The Bertz CT molecular complexity index is 522. The number of hydrogen-bond acceptors (Lipinski definition) is 4. The predicted molar refractivity (Wildman–Crippen MR) is 75.7 cm³/mol. The number of nitrogens with zero attached hydrogens (tertiary/aromatic N) is 2. The fourth-order valence-electron chi connectivity index (χ4n) is 1.89. The van der Waals surface area contributed by atoms with E-state index < -0.39 is 16.4 Å². The zero-order valence-corrected chi connectivity index (χ0v) is 12.3. The molecule has 0 fully saturated rings. The van der Waals surface area contributed by atoms with Crippen molar-refractivity contribution in [1.82, 2.24) is 4.90 Å². The molecule has 0 N–H and O–H groups in total. The molecule has 7 heteroatoms. The first-order valence-electron chi connectivity index (χ1n) is 6.66. The summed E-state index contributed by atoms with van der Waals surface area (Å²) in [5.41, 5.74) is -0.548. The topological polar surface area (TPSA) is 72.7 Å². The van der Waals surface area contributed by atoms with E-state index in [-0.39, 0.29) is 17.5 Å². The molecule has 0 heterocycles. The first-order chi connectivity index (χ1) is 9.92. The van der Waals surface area contributed by atoms with Crippen LogP contribution in [0.25, 0.3) is 0 Å². The highest BCUT2D eigenvalue weighted by Crippen LogP contribution is 2.20. The van der Waals surface area contributed by atoms with Gasteiger partial charge in [-0.2, -0.15) is 4.39 Å². The van der Waals surface area contributed by atoms with Gasteiger partial charge in [-0.05, 0) is 25.5 Å². The largest absolute Gasteiger partial charge is 0.383 e. The van der Waals surface area contributed by atoms with Crippen molar-refractivity contribution < 1.29 is 18.8 Å². The van der Waals surface area contributed by atoms with Crippen molar-refractivity contribution in [3.8, 4) is 0 Å². The van der Waals surface area contributed by atoms with Crippen LogP contribution >= 0.6 is 0 Å². The molecule has 0 aliphatic rings. The summed E-state index contributed by atoms with van der Waals surface area (Å²) in [4.78, 5) is 23.8. The van der Waals surface area contributed by atoms with Crippen LogP contribution in [-0.2, 0) is 4.74 Å². The van der Waals surface area contributed by atoms with Crippen LogP contribution in [-0.4, -0.2) is 42.0 Å². The Kier molecular flexibility index (Phi) is 6.23. The Morgan fingerprint density at radius 2 is 2.19 bits per heavy atom. The molecule has 1 atom stereocenters. The molecule has 1 aromatic rings. The van der Waals surface area contributed by atoms with Crippen LogP contribution in [0.15, 0.2) is 18.2 Å². The summed E-state index contributed by atoms with van der Waals surface area (Å²) in [6.45, 7) is 4.57. The zero-order valence-electron chi connectivity index (χ0n) is 12.3. The van der Waals surface area contributed by atoms with Gasteiger partial charge in [-0.15, -0.1) is 0 Å². The van der Waals surface area contributed by atoms with Gasteiger partial charge in [-0.1, -0.05) is 6.92 Å². The molecular weight excluding hydrogens is 279 g/mol. The highest BCUT2D eigenvalue weighted by atomic mass is 19.1. The maximum Gasteiger partial charge on any atom is 0.304 e. The quantitative estimate of drug-likeness (QED) is 0.573. The average molecular weight is 298 g/mol. The predicted octanol–water partition coefficient (Wildman–Crippen LogP) is 2.62. The average Bonchev–Trinajstić information content (AvgIpc) is 2.46. The highest BCUT2D eigenvalue weighted by molar-refractivity contribution is 5.94. The molecule has 0 radical (unpaired) electrons. The molecule has 0 aliphatic carbocycles. The molecule has 6 nitrogen and oxygen atoms in total. The Morgan fingerprint density at radius 3 is 2.67 bits per heavy atom. The van der Waals surface area contributed by atoms with Gasteiger partial charge in [0.05, 0.1) is 11.5 Å². The Hall–Kier alpha value is -2.02. The van der Waals surface area contributed by atoms with Gasteiger partial charge in [-0.3, -0.25) is 14.9 Å². The second kappa shape index (κ2) is 7.68. The summed E-state index contributed by atoms with van der Waals surface area (Å²) >= 11 is 0. The number of benzene rings is 1. The third kappa shape index (κ3) is 4.22. The fraction of sp³-hybridized carbons (Fsp3) is 0.500. The summed E-state index contributed by atoms with van der Waals surface area (Å²) in [7, 11) is 1.53. The maximum atomic E-state index is 13.6. The van der Waals surface area contributed by atoms with Crippen molar-refractivity contribution in [2.75, 3.05) is 20.3 Å². The lowest BCUT2D eigenvalue weighted by atomic mass is 10.1. The molecule has 1 unspecified atom stereocenters. The Morgan fingerprint density at radius 1 is 1.52 bits per heavy atom. The molecule has 1 rings (SSSR count). The van der Waals surface area contributed by atoms with E-state index in [1.807, 2.05) is 13.8 Å². The fourth-order valence-corrected chi connectivity index (χ4v) is 1.89. The number of hydrogen-bond donors (Lipinski definition) is 0.